The number of hydrogen-bond donors (Lipinski definition) is 1. The molecule has 1 heterocycles. The monoisotopic (exact) mass is 149 g/mol. The summed E-state index contributed by atoms with van der Waals surface area (Å²) >= 11 is 0. The zero-order valence-electron chi connectivity index (χ0n) is 6.44. The third kappa shape index (κ3) is 2.91. The van der Waals surface area contributed by atoms with Crippen molar-refractivity contribution in [1.29, 1.82) is 0 Å². The molecule has 0 aliphatic rings. The highest BCUT2D eigenvalue weighted by atomic mass is 14.8. The van der Waals surface area contributed by atoms with Gasteiger partial charge >= 0.3 is 0 Å². The van der Waals surface area contributed by atoms with Crippen LogP contribution in [0.3, 0.4) is 0 Å². The molecule has 1 rings (SSSR count). The molecule has 58 valence electrons. The van der Waals surface area contributed by atoms with Gasteiger partial charge in [0.1, 0.15) is 6.33 Å². The number of nitrogens with two attached hydrogens (primary N) is 1. The largest absolute Gasteiger partial charge is 0.325 e. The molecule has 1 aromatic heterocycles. The molecular weight excluding hydrogens is 138 g/mol. The van der Waals surface area contributed by atoms with Crippen molar-refractivity contribution in [2.75, 3.05) is 0 Å². The van der Waals surface area contributed by atoms with Crippen molar-refractivity contribution in [2.45, 2.75) is 13.0 Å². The summed E-state index contributed by atoms with van der Waals surface area (Å²) in [6.45, 7) is 1.92. The van der Waals surface area contributed by atoms with Gasteiger partial charge in [0.25, 0.3) is 0 Å². The van der Waals surface area contributed by atoms with E-state index in [2.05, 4.69) is 9.97 Å². The van der Waals surface area contributed by atoms with Gasteiger partial charge in [-0.05, 0) is 6.92 Å². The summed E-state index contributed by atoms with van der Waals surface area (Å²) in [4.78, 5) is 7.72. The molecule has 3 nitrogen and oxygen atoms in total. The van der Waals surface area contributed by atoms with E-state index in [1.165, 1.54) is 6.33 Å². The van der Waals surface area contributed by atoms with Crippen molar-refractivity contribution in [1.82, 2.24) is 9.97 Å². The van der Waals surface area contributed by atoms with Crippen LogP contribution in [0.4, 0.5) is 0 Å². The van der Waals surface area contributed by atoms with Gasteiger partial charge < -0.3 is 5.73 Å². The highest BCUT2D eigenvalue weighted by molar-refractivity contribution is 5.46. The van der Waals surface area contributed by atoms with Crippen molar-refractivity contribution in [2.24, 2.45) is 5.73 Å². The SMILES string of the molecule is CC(N)/C=C/c1cncnc1. The molecule has 0 amide bonds. The smallest absolute Gasteiger partial charge is 0.115 e. The van der Waals surface area contributed by atoms with E-state index in [4.69, 9.17) is 5.73 Å². The number of aromatic nitrogens is 2. The van der Waals surface area contributed by atoms with E-state index in [1.54, 1.807) is 12.4 Å². The van der Waals surface area contributed by atoms with E-state index < -0.39 is 0 Å². The Bertz CT molecular complexity index is 228. The molecule has 3 heteroatoms. The number of rotatable bonds is 2. The molecule has 0 saturated heterocycles. The minimum atomic E-state index is 0.0789. The van der Waals surface area contributed by atoms with Crippen LogP contribution in [0.1, 0.15) is 12.5 Å². The number of hydrogen-bond acceptors (Lipinski definition) is 3. The first-order chi connectivity index (χ1) is 5.29. The van der Waals surface area contributed by atoms with Gasteiger partial charge in [0, 0.05) is 24.0 Å². The van der Waals surface area contributed by atoms with Crippen LogP contribution in [0, 0.1) is 0 Å². The van der Waals surface area contributed by atoms with Gasteiger partial charge in [-0.3, -0.25) is 0 Å². The molecular formula is C8H11N3. The minimum Gasteiger partial charge on any atom is -0.325 e. The van der Waals surface area contributed by atoms with Crippen LogP contribution >= 0.6 is 0 Å². The molecule has 0 spiro atoms. The molecule has 0 aliphatic heterocycles. The maximum atomic E-state index is 5.51. The molecule has 0 aliphatic carbocycles. The summed E-state index contributed by atoms with van der Waals surface area (Å²) in [6, 6.07) is 0.0789. The summed E-state index contributed by atoms with van der Waals surface area (Å²) in [6.07, 6.45) is 8.80. The second-order valence-electron chi connectivity index (χ2n) is 2.39. The van der Waals surface area contributed by atoms with Crippen LogP contribution in [0.15, 0.2) is 24.8 Å². The molecule has 0 radical (unpaired) electrons. The lowest BCUT2D eigenvalue weighted by atomic mass is 10.2. The summed E-state index contributed by atoms with van der Waals surface area (Å²) < 4.78 is 0. The van der Waals surface area contributed by atoms with E-state index in [1.807, 2.05) is 19.1 Å². The lowest BCUT2D eigenvalue weighted by molar-refractivity contribution is 0.930. The van der Waals surface area contributed by atoms with Gasteiger partial charge in [0.05, 0.1) is 0 Å². The standard InChI is InChI=1S/C8H11N3/c1-7(9)2-3-8-4-10-6-11-5-8/h2-7H,9H2,1H3/b3-2+. The van der Waals surface area contributed by atoms with Gasteiger partial charge in [0.15, 0.2) is 0 Å². The average molecular weight is 149 g/mol. The molecule has 0 fully saturated rings. The first-order valence-electron chi connectivity index (χ1n) is 3.48. The van der Waals surface area contributed by atoms with E-state index in [0.717, 1.165) is 5.56 Å². The maximum Gasteiger partial charge on any atom is 0.115 e. The Labute approximate surface area is 66.0 Å². The summed E-state index contributed by atoms with van der Waals surface area (Å²) in [5.74, 6) is 0. The Morgan fingerprint density at radius 3 is 2.64 bits per heavy atom. The lowest BCUT2D eigenvalue weighted by Gasteiger charge is -1.93. The highest BCUT2D eigenvalue weighted by Crippen LogP contribution is 1.96. The topological polar surface area (TPSA) is 51.8 Å². The zero-order valence-corrected chi connectivity index (χ0v) is 6.44. The Kier molecular flexibility index (Phi) is 2.74. The van der Waals surface area contributed by atoms with Crippen LogP contribution < -0.4 is 5.73 Å². The van der Waals surface area contributed by atoms with Gasteiger partial charge in [-0.1, -0.05) is 12.2 Å². The Balaban J connectivity index is 2.65. The molecule has 11 heavy (non-hydrogen) atoms. The fourth-order valence-corrected chi connectivity index (χ4v) is 0.660. The van der Waals surface area contributed by atoms with Gasteiger partial charge in [-0.15, -0.1) is 0 Å². The maximum absolute atomic E-state index is 5.51. The molecule has 2 N–H and O–H groups in total. The second-order valence-corrected chi connectivity index (χ2v) is 2.39. The van der Waals surface area contributed by atoms with Crippen LogP contribution in [0.2, 0.25) is 0 Å². The first kappa shape index (κ1) is 7.88. The zero-order chi connectivity index (χ0) is 8.10. The quantitative estimate of drug-likeness (QED) is 0.677. The van der Waals surface area contributed by atoms with Crippen LogP contribution in [-0.2, 0) is 0 Å². The first-order valence-corrected chi connectivity index (χ1v) is 3.48. The lowest BCUT2D eigenvalue weighted by Crippen LogP contribution is -2.09. The second kappa shape index (κ2) is 3.83. The third-order valence-electron chi connectivity index (χ3n) is 1.17. The predicted molar refractivity (Wildman–Crippen MR) is 44.7 cm³/mol. The Hall–Kier alpha value is -1.22. The van der Waals surface area contributed by atoms with E-state index in [-0.39, 0.29) is 6.04 Å². The minimum absolute atomic E-state index is 0.0789. The summed E-state index contributed by atoms with van der Waals surface area (Å²) in [7, 11) is 0. The fourth-order valence-electron chi connectivity index (χ4n) is 0.660. The normalized spacial score (nSPS) is 13.6. The van der Waals surface area contributed by atoms with Crippen molar-refractivity contribution in [3.05, 3.63) is 30.4 Å². The van der Waals surface area contributed by atoms with Crippen LogP contribution in [0.25, 0.3) is 6.08 Å². The van der Waals surface area contributed by atoms with Gasteiger partial charge in [-0.25, -0.2) is 9.97 Å². The molecule has 0 saturated carbocycles. The molecule has 1 aromatic rings. The summed E-state index contributed by atoms with van der Waals surface area (Å²) in [5.41, 5.74) is 6.49. The molecule has 1 atom stereocenters. The van der Waals surface area contributed by atoms with Crippen molar-refractivity contribution < 1.29 is 0 Å². The van der Waals surface area contributed by atoms with Crippen molar-refractivity contribution in [3.8, 4) is 0 Å². The van der Waals surface area contributed by atoms with E-state index in [0.29, 0.717) is 0 Å². The average Bonchev–Trinajstić information content (AvgIpc) is 2.03. The van der Waals surface area contributed by atoms with Gasteiger partial charge in [0.2, 0.25) is 0 Å². The highest BCUT2D eigenvalue weighted by Gasteiger charge is 1.86. The molecule has 0 bridgehead atoms. The van der Waals surface area contributed by atoms with Crippen LogP contribution in [0.5, 0.6) is 0 Å². The van der Waals surface area contributed by atoms with Gasteiger partial charge in [-0.2, -0.15) is 0 Å². The molecule has 0 aromatic carbocycles. The number of nitrogens with zero attached hydrogens (tertiary/aromatic N) is 2. The third-order valence-corrected chi connectivity index (χ3v) is 1.17. The van der Waals surface area contributed by atoms with Crippen LogP contribution in [-0.4, -0.2) is 16.0 Å². The van der Waals surface area contributed by atoms with Crippen molar-refractivity contribution >= 4 is 6.08 Å². The Morgan fingerprint density at radius 1 is 1.45 bits per heavy atom. The van der Waals surface area contributed by atoms with E-state index >= 15 is 0 Å². The van der Waals surface area contributed by atoms with Crippen molar-refractivity contribution in [3.63, 3.8) is 0 Å². The fraction of sp³-hybridized carbons (Fsp3) is 0.250. The summed E-state index contributed by atoms with van der Waals surface area (Å²) in [5, 5.41) is 0. The van der Waals surface area contributed by atoms with E-state index in [9.17, 15) is 0 Å². The predicted octanol–water partition coefficient (Wildman–Crippen LogP) is 0.837. The Morgan fingerprint density at radius 2 is 2.09 bits per heavy atom. The molecule has 1 unspecified atom stereocenters.